The summed E-state index contributed by atoms with van der Waals surface area (Å²) in [5, 5.41) is 5.67. The van der Waals surface area contributed by atoms with Gasteiger partial charge in [-0.15, -0.1) is 0 Å². The Morgan fingerprint density at radius 3 is 2.43 bits per heavy atom. The van der Waals surface area contributed by atoms with Gasteiger partial charge in [-0.05, 0) is 79.8 Å². The molecule has 9 atom stereocenters. The first-order valence-electron chi connectivity index (χ1n) is 13.8. The van der Waals surface area contributed by atoms with Crippen LogP contribution >= 0.6 is 0 Å². The van der Waals surface area contributed by atoms with E-state index in [2.05, 4.69) is 37.5 Å². The smallest absolute Gasteiger partial charge is 0.349 e. The molecule has 2 amide bonds. The minimum absolute atomic E-state index is 0.0327. The fourth-order valence-corrected chi connectivity index (χ4v) is 8.85. The maximum absolute atomic E-state index is 14.4. The average molecular weight is 517 g/mol. The molecule has 2 unspecified atom stereocenters. The average Bonchev–Trinajstić information content (AvgIpc) is 3.26. The summed E-state index contributed by atoms with van der Waals surface area (Å²) < 4.78 is 43.1. The lowest BCUT2D eigenvalue weighted by atomic mass is 9.48. The Kier molecular flexibility index (Phi) is 6.31. The van der Waals surface area contributed by atoms with Crippen molar-refractivity contribution in [2.75, 3.05) is 0 Å². The molecule has 3 saturated carbocycles. The molecule has 37 heavy (non-hydrogen) atoms. The summed E-state index contributed by atoms with van der Waals surface area (Å²) in [6, 6.07) is 7.79. The van der Waals surface area contributed by atoms with Gasteiger partial charge in [0.25, 0.3) is 0 Å². The third kappa shape index (κ3) is 4.02. The van der Waals surface area contributed by atoms with Gasteiger partial charge in [0.1, 0.15) is 0 Å². The molecule has 7 heteroatoms. The van der Waals surface area contributed by atoms with Crippen LogP contribution in [0.2, 0.25) is 0 Å². The number of halogens is 3. The Hall–Kier alpha value is -2.31. The highest BCUT2D eigenvalue weighted by Crippen LogP contribution is 2.65. The van der Waals surface area contributed by atoms with Crippen molar-refractivity contribution in [3.63, 3.8) is 0 Å². The Labute approximate surface area is 217 Å². The maximum atomic E-state index is 14.4. The van der Waals surface area contributed by atoms with Crippen molar-refractivity contribution in [1.82, 2.24) is 10.6 Å². The SMILES string of the molecule is C[C@@H]1CC[C@@H]2[C@@]3(C)C=CC(=O)N[C@@H]3CC[C@@]2(C)[C@@H]2CC[C@H](C(=O)NC(C)(c3ccccc3)C(F)(F)F)C12. The summed E-state index contributed by atoms with van der Waals surface area (Å²) >= 11 is 0. The standard InChI is InChI=1S/C30H39F3N2O2/c1-18-10-13-22-27(2,16-14-23-28(22,3)17-15-24(36)34-23)21-12-11-20(25(18)21)26(37)35-29(4,30(31,32)33)19-8-6-5-7-9-19/h5-9,15,17-18,20-23,25H,10-14,16H2,1-4H3,(H,34,36)(H,35,37)/t18-,20+,21-,22+,23-,25?,27+,28-,29?/m1/s1. The first-order valence-corrected chi connectivity index (χ1v) is 13.8. The van der Waals surface area contributed by atoms with E-state index in [1.54, 1.807) is 24.3 Å². The zero-order valence-electron chi connectivity index (χ0n) is 22.2. The van der Waals surface area contributed by atoms with Crippen LogP contribution < -0.4 is 10.6 Å². The molecule has 202 valence electrons. The zero-order valence-corrected chi connectivity index (χ0v) is 22.2. The first-order chi connectivity index (χ1) is 17.3. The number of amides is 2. The summed E-state index contributed by atoms with van der Waals surface area (Å²) in [6.45, 7) is 7.87. The molecule has 4 aliphatic rings. The van der Waals surface area contributed by atoms with Crippen molar-refractivity contribution >= 4 is 11.8 Å². The van der Waals surface area contributed by atoms with Crippen LogP contribution in [-0.2, 0) is 15.1 Å². The second-order valence-electron chi connectivity index (χ2n) is 12.8. The van der Waals surface area contributed by atoms with Crippen molar-refractivity contribution in [2.24, 2.45) is 40.4 Å². The van der Waals surface area contributed by atoms with Gasteiger partial charge in [0, 0.05) is 17.4 Å². The molecule has 1 aliphatic heterocycles. The van der Waals surface area contributed by atoms with Crippen LogP contribution in [0.4, 0.5) is 13.2 Å². The van der Waals surface area contributed by atoms with Crippen molar-refractivity contribution < 1.29 is 22.8 Å². The maximum Gasteiger partial charge on any atom is 0.415 e. The second kappa shape index (κ2) is 8.88. The van der Waals surface area contributed by atoms with Gasteiger partial charge >= 0.3 is 6.18 Å². The second-order valence-corrected chi connectivity index (χ2v) is 12.8. The Morgan fingerprint density at radius 2 is 1.76 bits per heavy atom. The van der Waals surface area contributed by atoms with Crippen molar-refractivity contribution in [1.29, 1.82) is 0 Å². The fourth-order valence-electron chi connectivity index (χ4n) is 8.85. The van der Waals surface area contributed by atoms with Crippen molar-refractivity contribution in [3.05, 3.63) is 48.0 Å². The van der Waals surface area contributed by atoms with Crippen molar-refractivity contribution in [2.45, 2.75) is 84.0 Å². The van der Waals surface area contributed by atoms with Crippen LogP contribution in [0.5, 0.6) is 0 Å². The van der Waals surface area contributed by atoms with E-state index in [-0.39, 0.29) is 46.1 Å². The number of rotatable bonds is 3. The Morgan fingerprint density at radius 1 is 1.05 bits per heavy atom. The van der Waals surface area contributed by atoms with Gasteiger partial charge in [-0.2, -0.15) is 13.2 Å². The molecular weight excluding hydrogens is 477 g/mol. The molecule has 1 heterocycles. The minimum atomic E-state index is -4.63. The molecule has 1 aromatic carbocycles. The Balaban J connectivity index is 1.45. The van der Waals surface area contributed by atoms with E-state index >= 15 is 0 Å². The third-order valence-electron chi connectivity index (χ3n) is 10.9. The number of alkyl halides is 3. The van der Waals surface area contributed by atoms with Gasteiger partial charge in [-0.1, -0.05) is 63.6 Å². The van der Waals surface area contributed by atoms with Crippen LogP contribution in [0.1, 0.15) is 71.8 Å². The number of hydrogen-bond acceptors (Lipinski definition) is 2. The topological polar surface area (TPSA) is 58.2 Å². The number of fused-ring (bicyclic) bond motifs is 5. The summed E-state index contributed by atoms with van der Waals surface area (Å²) in [6.07, 6.45) is 4.39. The first kappa shape index (κ1) is 26.3. The summed E-state index contributed by atoms with van der Waals surface area (Å²) in [5.41, 5.74) is -2.59. The van der Waals surface area contributed by atoms with E-state index in [1.807, 2.05) is 0 Å². The number of carbonyl (C=O) groups is 2. The molecule has 0 bridgehead atoms. The van der Waals surface area contributed by atoms with E-state index in [0.717, 1.165) is 39.0 Å². The number of benzene rings is 1. The zero-order chi connectivity index (χ0) is 26.8. The quantitative estimate of drug-likeness (QED) is 0.508. The molecule has 3 aliphatic carbocycles. The fraction of sp³-hybridized carbons (Fsp3) is 0.667. The van der Waals surface area contributed by atoms with Crippen molar-refractivity contribution in [3.8, 4) is 0 Å². The van der Waals surface area contributed by atoms with Crippen LogP contribution in [0.3, 0.4) is 0 Å². The highest BCUT2D eigenvalue weighted by atomic mass is 19.4. The van der Waals surface area contributed by atoms with Crippen LogP contribution in [0, 0.1) is 40.4 Å². The molecule has 0 spiro atoms. The van der Waals surface area contributed by atoms with Crippen LogP contribution in [0.15, 0.2) is 42.5 Å². The predicted octanol–water partition coefficient (Wildman–Crippen LogP) is 6.13. The van der Waals surface area contributed by atoms with E-state index in [0.29, 0.717) is 12.3 Å². The van der Waals surface area contributed by atoms with Gasteiger partial charge in [0.2, 0.25) is 11.8 Å². The lowest BCUT2D eigenvalue weighted by Gasteiger charge is -2.58. The minimum Gasteiger partial charge on any atom is -0.349 e. The molecule has 1 aromatic rings. The van der Waals surface area contributed by atoms with E-state index < -0.39 is 23.5 Å². The lowest BCUT2D eigenvalue weighted by Crippen LogP contribution is -2.60. The molecule has 0 radical (unpaired) electrons. The molecule has 0 aromatic heterocycles. The number of nitrogens with one attached hydrogen (secondary N) is 2. The summed E-state index contributed by atoms with van der Waals surface area (Å²) in [5.74, 6) is -0.0464. The lowest BCUT2D eigenvalue weighted by molar-refractivity contribution is -0.198. The third-order valence-corrected chi connectivity index (χ3v) is 10.9. The highest BCUT2D eigenvalue weighted by Gasteiger charge is 2.62. The molecule has 4 nitrogen and oxygen atoms in total. The van der Waals surface area contributed by atoms with Crippen LogP contribution in [-0.4, -0.2) is 24.0 Å². The van der Waals surface area contributed by atoms with E-state index in [1.165, 1.54) is 12.1 Å². The number of hydrogen-bond donors (Lipinski definition) is 2. The molecular formula is C30H39F3N2O2. The summed E-state index contributed by atoms with van der Waals surface area (Å²) in [4.78, 5) is 25.8. The molecule has 0 saturated heterocycles. The normalized spacial score (nSPS) is 40.9. The van der Waals surface area contributed by atoms with Gasteiger partial charge in [0.05, 0.1) is 0 Å². The van der Waals surface area contributed by atoms with Crippen LogP contribution in [0.25, 0.3) is 0 Å². The van der Waals surface area contributed by atoms with Gasteiger partial charge < -0.3 is 10.6 Å². The summed E-state index contributed by atoms with van der Waals surface area (Å²) in [7, 11) is 0. The highest BCUT2D eigenvalue weighted by molar-refractivity contribution is 5.89. The van der Waals surface area contributed by atoms with E-state index in [9.17, 15) is 22.8 Å². The predicted molar refractivity (Wildman–Crippen MR) is 136 cm³/mol. The molecule has 5 rings (SSSR count). The van der Waals surface area contributed by atoms with Gasteiger partial charge in [0.15, 0.2) is 5.54 Å². The van der Waals surface area contributed by atoms with Gasteiger partial charge in [-0.25, -0.2) is 0 Å². The monoisotopic (exact) mass is 516 g/mol. The number of carbonyl (C=O) groups excluding carboxylic acids is 2. The Bertz CT molecular complexity index is 1090. The van der Waals surface area contributed by atoms with E-state index in [4.69, 9.17) is 0 Å². The molecule has 2 N–H and O–H groups in total. The molecule has 3 fully saturated rings. The van der Waals surface area contributed by atoms with Gasteiger partial charge in [-0.3, -0.25) is 9.59 Å². The largest absolute Gasteiger partial charge is 0.415 e.